The standard InChI is InChI=1S/C28H20N2O4S2/c1-2-34-19-11-12-20-22(15-19)36-28(29-20)30-24(21-8-5-13-35-21)23(26(32)27(30)33)25(31)18-10-9-16-6-3-4-7-17(16)14-18/h3-15,24,31H,2H2,1H3/b25-23+. The first kappa shape index (κ1) is 22.5. The molecule has 0 aliphatic carbocycles. The summed E-state index contributed by atoms with van der Waals surface area (Å²) in [5.41, 5.74) is 1.26. The maximum atomic E-state index is 13.4. The van der Waals surface area contributed by atoms with Crippen LogP contribution in [0.25, 0.3) is 26.7 Å². The van der Waals surface area contributed by atoms with Crippen LogP contribution in [0.3, 0.4) is 0 Å². The molecule has 1 N–H and O–H groups in total. The fourth-order valence-electron chi connectivity index (χ4n) is 4.49. The van der Waals surface area contributed by atoms with Gasteiger partial charge in [-0.15, -0.1) is 11.3 Å². The lowest BCUT2D eigenvalue weighted by Crippen LogP contribution is -2.28. The van der Waals surface area contributed by atoms with E-state index in [0.29, 0.717) is 28.6 Å². The summed E-state index contributed by atoms with van der Waals surface area (Å²) in [4.78, 5) is 33.6. The van der Waals surface area contributed by atoms with Crippen LogP contribution in [0.4, 0.5) is 5.13 Å². The van der Waals surface area contributed by atoms with Gasteiger partial charge in [0.15, 0.2) is 5.13 Å². The molecule has 1 unspecified atom stereocenters. The molecule has 3 heterocycles. The molecule has 1 aliphatic heterocycles. The Morgan fingerprint density at radius 3 is 2.64 bits per heavy atom. The second kappa shape index (κ2) is 8.89. The number of carbonyl (C=O) groups excluding carboxylic acids is 2. The van der Waals surface area contributed by atoms with Crippen molar-refractivity contribution in [2.75, 3.05) is 11.5 Å². The van der Waals surface area contributed by atoms with E-state index in [0.717, 1.165) is 20.3 Å². The smallest absolute Gasteiger partial charge is 0.301 e. The van der Waals surface area contributed by atoms with E-state index in [9.17, 15) is 14.7 Å². The average Bonchev–Trinajstić information content (AvgIpc) is 3.62. The fraction of sp³-hybridized carbons (Fsp3) is 0.107. The molecule has 1 amide bonds. The monoisotopic (exact) mass is 512 g/mol. The number of aliphatic hydroxyl groups is 1. The van der Waals surface area contributed by atoms with E-state index in [-0.39, 0.29) is 11.3 Å². The van der Waals surface area contributed by atoms with Gasteiger partial charge in [0.25, 0.3) is 5.78 Å². The zero-order valence-electron chi connectivity index (χ0n) is 19.2. The first-order valence-electron chi connectivity index (χ1n) is 11.4. The highest BCUT2D eigenvalue weighted by Crippen LogP contribution is 2.45. The predicted octanol–water partition coefficient (Wildman–Crippen LogP) is 6.54. The Bertz CT molecular complexity index is 1670. The van der Waals surface area contributed by atoms with Crippen LogP contribution in [0, 0.1) is 0 Å². The lowest BCUT2D eigenvalue weighted by atomic mass is 9.98. The van der Waals surface area contributed by atoms with Gasteiger partial charge in [0, 0.05) is 10.4 Å². The van der Waals surface area contributed by atoms with Crippen LogP contribution in [-0.4, -0.2) is 28.4 Å². The number of fused-ring (bicyclic) bond motifs is 2. The van der Waals surface area contributed by atoms with Crippen molar-refractivity contribution >= 4 is 66.2 Å². The van der Waals surface area contributed by atoms with Crippen LogP contribution in [0.1, 0.15) is 23.4 Å². The minimum absolute atomic E-state index is 0.0620. The molecular formula is C28H20N2O4S2. The molecular weight excluding hydrogens is 492 g/mol. The molecule has 1 aliphatic rings. The number of hydrogen-bond donors (Lipinski definition) is 1. The van der Waals surface area contributed by atoms with Crippen molar-refractivity contribution in [1.29, 1.82) is 0 Å². The number of benzene rings is 3. The summed E-state index contributed by atoms with van der Waals surface area (Å²) in [6.07, 6.45) is 0. The van der Waals surface area contributed by atoms with Crippen molar-refractivity contribution in [3.8, 4) is 5.75 Å². The maximum absolute atomic E-state index is 13.4. The van der Waals surface area contributed by atoms with Crippen molar-refractivity contribution in [2.45, 2.75) is 13.0 Å². The van der Waals surface area contributed by atoms with Gasteiger partial charge < -0.3 is 9.84 Å². The van der Waals surface area contributed by atoms with Gasteiger partial charge >= 0.3 is 5.91 Å². The van der Waals surface area contributed by atoms with Crippen LogP contribution >= 0.6 is 22.7 Å². The maximum Gasteiger partial charge on any atom is 0.301 e. The van der Waals surface area contributed by atoms with Gasteiger partial charge in [0.1, 0.15) is 17.6 Å². The number of hydrogen-bond acceptors (Lipinski definition) is 7. The van der Waals surface area contributed by atoms with E-state index in [2.05, 4.69) is 4.98 Å². The van der Waals surface area contributed by atoms with Gasteiger partial charge in [-0.1, -0.05) is 53.8 Å². The number of nitrogens with zero attached hydrogens (tertiary/aromatic N) is 2. The van der Waals surface area contributed by atoms with Gasteiger partial charge in [-0.05, 0) is 53.4 Å². The molecule has 0 spiro atoms. The second-order valence-electron chi connectivity index (χ2n) is 8.31. The Kier molecular flexibility index (Phi) is 5.55. The highest BCUT2D eigenvalue weighted by atomic mass is 32.1. The molecule has 8 heteroatoms. The summed E-state index contributed by atoms with van der Waals surface area (Å²) < 4.78 is 6.45. The minimum atomic E-state index is -0.775. The first-order valence-corrected chi connectivity index (χ1v) is 13.1. The number of thiazole rings is 1. The van der Waals surface area contributed by atoms with Crippen molar-refractivity contribution in [3.63, 3.8) is 0 Å². The number of carbonyl (C=O) groups is 2. The highest BCUT2D eigenvalue weighted by molar-refractivity contribution is 7.22. The number of ether oxygens (including phenoxy) is 1. The zero-order chi connectivity index (χ0) is 24.8. The molecule has 0 saturated carbocycles. The van der Waals surface area contributed by atoms with Crippen LogP contribution in [0.2, 0.25) is 0 Å². The molecule has 6 nitrogen and oxygen atoms in total. The van der Waals surface area contributed by atoms with Crippen LogP contribution in [0.5, 0.6) is 5.75 Å². The largest absolute Gasteiger partial charge is 0.507 e. The van der Waals surface area contributed by atoms with Gasteiger partial charge in [-0.25, -0.2) is 4.98 Å². The van der Waals surface area contributed by atoms with Gasteiger partial charge in [-0.2, -0.15) is 0 Å². The number of anilines is 1. The molecule has 178 valence electrons. The molecule has 0 bridgehead atoms. The lowest BCUT2D eigenvalue weighted by molar-refractivity contribution is -0.132. The van der Waals surface area contributed by atoms with E-state index in [1.54, 1.807) is 6.07 Å². The summed E-state index contributed by atoms with van der Waals surface area (Å²) in [5.74, 6) is -0.916. The summed E-state index contributed by atoms with van der Waals surface area (Å²) >= 11 is 2.74. The third-order valence-corrected chi connectivity index (χ3v) is 8.09. The molecule has 2 aromatic heterocycles. The van der Waals surface area contributed by atoms with E-state index >= 15 is 0 Å². The van der Waals surface area contributed by atoms with Crippen LogP contribution in [0.15, 0.2) is 83.7 Å². The molecule has 6 rings (SSSR count). The van der Waals surface area contributed by atoms with Crippen molar-refractivity contribution in [3.05, 3.63) is 94.2 Å². The zero-order valence-corrected chi connectivity index (χ0v) is 20.8. The SMILES string of the molecule is CCOc1ccc2nc(N3C(=O)C(=O)/C(=C(/O)c4ccc5ccccc5c4)C3c3cccs3)sc2c1. The van der Waals surface area contributed by atoms with Crippen LogP contribution < -0.4 is 9.64 Å². The summed E-state index contributed by atoms with van der Waals surface area (Å²) in [6, 6.07) is 21.8. The molecule has 3 aromatic carbocycles. The van der Waals surface area contributed by atoms with Gasteiger partial charge in [0.2, 0.25) is 0 Å². The Labute approximate surface area is 214 Å². The Balaban J connectivity index is 1.51. The lowest BCUT2D eigenvalue weighted by Gasteiger charge is -2.21. The molecule has 1 fully saturated rings. The molecule has 1 atom stereocenters. The Morgan fingerprint density at radius 1 is 1.03 bits per heavy atom. The molecule has 36 heavy (non-hydrogen) atoms. The number of aliphatic hydroxyl groups excluding tert-OH is 1. The van der Waals surface area contributed by atoms with Crippen molar-refractivity contribution < 1.29 is 19.4 Å². The minimum Gasteiger partial charge on any atom is -0.507 e. The summed E-state index contributed by atoms with van der Waals surface area (Å²) in [7, 11) is 0. The highest BCUT2D eigenvalue weighted by Gasteiger charge is 2.48. The van der Waals surface area contributed by atoms with Gasteiger partial charge in [0.05, 0.1) is 22.4 Å². The topological polar surface area (TPSA) is 79.7 Å². The third-order valence-electron chi connectivity index (χ3n) is 6.15. The van der Waals surface area contributed by atoms with E-state index < -0.39 is 17.7 Å². The van der Waals surface area contributed by atoms with Crippen molar-refractivity contribution in [2.24, 2.45) is 0 Å². The number of thiophene rings is 1. The average molecular weight is 513 g/mol. The second-order valence-corrected chi connectivity index (χ2v) is 10.3. The number of amides is 1. The summed E-state index contributed by atoms with van der Waals surface area (Å²) in [5, 5.41) is 15.6. The number of rotatable bonds is 5. The Hall–Kier alpha value is -4.01. The molecule has 1 saturated heterocycles. The number of ketones is 1. The number of Topliss-reactive ketones (excluding diaryl/α,β-unsaturated/α-hetero) is 1. The van der Waals surface area contributed by atoms with E-state index in [1.165, 1.54) is 27.6 Å². The van der Waals surface area contributed by atoms with E-state index in [1.807, 2.05) is 79.0 Å². The normalized spacial score (nSPS) is 17.4. The van der Waals surface area contributed by atoms with Crippen LogP contribution in [-0.2, 0) is 9.59 Å². The fourth-order valence-corrected chi connectivity index (χ4v) is 6.33. The van der Waals surface area contributed by atoms with Crippen molar-refractivity contribution in [1.82, 2.24) is 4.98 Å². The number of aromatic nitrogens is 1. The third kappa shape index (κ3) is 3.66. The molecule has 0 radical (unpaired) electrons. The summed E-state index contributed by atoms with van der Waals surface area (Å²) in [6.45, 7) is 2.46. The van der Waals surface area contributed by atoms with E-state index in [4.69, 9.17) is 4.74 Å². The molecule has 5 aromatic rings. The first-order chi connectivity index (χ1) is 17.5. The van der Waals surface area contributed by atoms with Gasteiger partial charge in [-0.3, -0.25) is 14.5 Å². The quantitative estimate of drug-likeness (QED) is 0.164. The Morgan fingerprint density at radius 2 is 1.86 bits per heavy atom. The predicted molar refractivity (Wildman–Crippen MR) is 144 cm³/mol.